The Balaban J connectivity index is 1.53. The molecule has 1 aromatic carbocycles. The smallest absolute Gasteiger partial charge is 0.325 e. The van der Waals surface area contributed by atoms with Gasteiger partial charge in [-0.1, -0.05) is 24.3 Å². The average Bonchev–Trinajstić information content (AvgIpc) is 3.27. The van der Waals surface area contributed by atoms with Crippen LogP contribution in [0.2, 0.25) is 0 Å². The van der Waals surface area contributed by atoms with E-state index in [1.54, 1.807) is 6.92 Å². The predicted octanol–water partition coefficient (Wildman–Crippen LogP) is 0.416. The minimum atomic E-state index is -3.14. The van der Waals surface area contributed by atoms with Crippen LogP contribution in [0.4, 0.5) is 4.79 Å². The van der Waals surface area contributed by atoms with Crippen LogP contribution in [-0.2, 0) is 31.4 Å². The average molecular weight is 405 g/mol. The van der Waals surface area contributed by atoms with E-state index in [1.807, 2.05) is 24.3 Å². The number of carbonyl (C=O) groups excluding carboxylic acids is 3. The summed E-state index contributed by atoms with van der Waals surface area (Å²) in [6.45, 7) is 1.72. The summed E-state index contributed by atoms with van der Waals surface area (Å²) in [5, 5.41) is 2.80. The molecule has 0 unspecified atom stereocenters. The molecule has 8 nitrogen and oxygen atoms in total. The van der Waals surface area contributed by atoms with Crippen LogP contribution in [0.1, 0.15) is 30.9 Å². The molecule has 2 atom stereocenters. The Labute approximate surface area is 163 Å². The summed E-state index contributed by atoms with van der Waals surface area (Å²) < 4.78 is 23.5. The Bertz CT molecular complexity index is 960. The highest BCUT2D eigenvalue weighted by Gasteiger charge is 2.55. The van der Waals surface area contributed by atoms with Crippen LogP contribution in [0.15, 0.2) is 24.3 Å². The van der Waals surface area contributed by atoms with Crippen molar-refractivity contribution in [2.45, 2.75) is 37.8 Å². The molecule has 0 aromatic heterocycles. The summed E-state index contributed by atoms with van der Waals surface area (Å²) in [5.41, 5.74) is 0.718. The molecule has 9 heteroatoms. The number of rotatable bonds is 4. The van der Waals surface area contributed by atoms with Gasteiger partial charge in [-0.15, -0.1) is 0 Å². The number of aryl methyl sites for hydroxylation is 1. The van der Waals surface area contributed by atoms with Crippen LogP contribution >= 0.6 is 0 Å². The van der Waals surface area contributed by atoms with Crippen LogP contribution in [0.25, 0.3) is 0 Å². The minimum Gasteiger partial charge on any atom is -0.337 e. The third kappa shape index (κ3) is 2.88. The summed E-state index contributed by atoms with van der Waals surface area (Å²) in [6.07, 6.45) is 1.55. The molecule has 0 saturated carbocycles. The van der Waals surface area contributed by atoms with Crippen molar-refractivity contribution >= 4 is 27.7 Å². The lowest BCUT2D eigenvalue weighted by atomic mass is 9.92. The van der Waals surface area contributed by atoms with Gasteiger partial charge in [0.2, 0.25) is 5.91 Å². The Morgan fingerprint density at radius 1 is 1.32 bits per heavy atom. The number of amides is 4. The van der Waals surface area contributed by atoms with Gasteiger partial charge in [-0.2, -0.15) is 0 Å². The predicted molar refractivity (Wildman–Crippen MR) is 101 cm³/mol. The van der Waals surface area contributed by atoms with Crippen LogP contribution in [0, 0.1) is 0 Å². The molecule has 2 heterocycles. The molecule has 1 aliphatic carbocycles. The van der Waals surface area contributed by atoms with Crippen LogP contribution in [0.3, 0.4) is 0 Å². The van der Waals surface area contributed by atoms with Gasteiger partial charge in [0.05, 0.1) is 11.5 Å². The first-order chi connectivity index (χ1) is 13.3. The molecule has 150 valence electrons. The Morgan fingerprint density at radius 2 is 2.07 bits per heavy atom. The number of imide groups is 1. The van der Waals surface area contributed by atoms with Gasteiger partial charge in [0.25, 0.3) is 5.91 Å². The van der Waals surface area contributed by atoms with E-state index < -0.39 is 39.3 Å². The lowest BCUT2D eigenvalue weighted by molar-refractivity contribution is -0.140. The summed E-state index contributed by atoms with van der Waals surface area (Å²) in [7, 11) is -3.14. The maximum Gasteiger partial charge on any atom is 0.325 e. The minimum absolute atomic E-state index is 0.0600. The molecule has 2 saturated heterocycles. The van der Waals surface area contributed by atoms with Crippen molar-refractivity contribution < 1.29 is 22.8 Å². The van der Waals surface area contributed by atoms with Gasteiger partial charge in [-0.3, -0.25) is 14.5 Å². The normalized spacial score (nSPS) is 27.9. The lowest BCUT2D eigenvalue weighted by Gasteiger charge is -2.28. The summed E-state index contributed by atoms with van der Waals surface area (Å²) >= 11 is 0. The first-order valence-electron chi connectivity index (χ1n) is 9.50. The van der Waals surface area contributed by atoms with Crippen molar-refractivity contribution in [3.63, 3.8) is 0 Å². The molecule has 0 radical (unpaired) electrons. The number of nitrogens with zero attached hydrogens (tertiary/aromatic N) is 2. The second-order valence-corrected chi connectivity index (χ2v) is 9.85. The number of hydrogen-bond acceptors (Lipinski definition) is 5. The maximum absolute atomic E-state index is 13.1. The number of fused-ring (bicyclic) bond motifs is 2. The van der Waals surface area contributed by atoms with Gasteiger partial charge in [-0.05, 0) is 37.3 Å². The quantitative estimate of drug-likeness (QED) is 0.731. The van der Waals surface area contributed by atoms with Gasteiger partial charge < -0.3 is 10.2 Å². The molecular formula is C19H23N3O5S. The third-order valence-electron chi connectivity index (χ3n) is 6.03. The molecule has 4 rings (SSSR count). The van der Waals surface area contributed by atoms with Gasteiger partial charge in [0.15, 0.2) is 9.84 Å². The van der Waals surface area contributed by atoms with E-state index in [4.69, 9.17) is 0 Å². The Kier molecular flexibility index (Phi) is 4.45. The number of sulfone groups is 1. The van der Waals surface area contributed by atoms with E-state index in [2.05, 4.69) is 5.32 Å². The molecule has 1 aromatic rings. The molecule has 0 bridgehead atoms. The van der Waals surface area contributed by atoms with Gasteiger partial charge in [0, 0.05) is 12.6 Å². The van der Waals surface area contributed by atoms with Crippen LogP contribution in [0.5, 0.6) is 0 Å². The first-order valence-corrected chi connectivity index (χ1v) is 11.3. The molecule has 1 spiro atoms. The Morgan fingerprint density at radius 3 is 2.75 bits per heavy atom. The standard InChI is InChI=1S/C19H23N3O5S/c1-2-21(14-8-10-28(26,27)12-14)16(23)11-22-17(24)19(20-18(22)25)9-7-13-5-3-4-6-15(13)19/h3-6,14H,2,7-12H2,1H3,(H,20,25)/t14-,19+/m1/s1. The van der Waals surface area contributed by atoms with E-state index in [0.29, 0.717) is 25.8 Å². The monoisotopic (exact) mass is 405 g/mol. The van der Waals surface area contributed by atoms with Crippen molar-refractivity contribution in [2.24, 2.45) is 0 Å². The van der Waals surface area contributed by atoms with Crippen LogP contribution < -0.4 is 5.32 Å². The van der Waals surface area contributed by atoms with Crippen LogP contribution in [-0.4, -0.2) is 66.7 Å². The largest absolute Gasteiger partial charge is 0.337 e. The van der Waals surface area contributed by atoms with Crippen molar-refractivity contribution in [1.29, 1.82) is 0 Å². The summed E-state index contributed by atoms with van der Waals surface area (Å²) in [5.74, 6) is -0.823. The number of likely N-dealkylation sites (N-methyl/N-ethyl adjacent to an activating group) is 1. The van der Waals surface area contributed by atoms with E-state index in [-0.39, 0.29) is 18.1 Å². The zero-order chi connectivity index (χ0) is 20.1. The van der Waals surface area contributed by atoms with Gasteiger partial charge in [-0.25, -0.2) is 13.2 Å². The summed E-state index contributed by atoms with van der Waals surface area (Å²) in [4.78, 5) is 41.0. The van der Waals surface area contributed by atoms with Gasteiger partial charge >= 0.3 is 6.03 Å². The fourth-order valence-electron chi connectivity index (χ4n) is 4.62. The maximum atomic E-state index is 13.1. The molecule has 3 aliphatic rings. The van der Waals surface area contributed by atoms with Gasteiger partial charge in [0.1, 0.15) is 12.1 Å². The second-order valence-electron chi connectivity index (χ2n) is 7.62. The topological polar surface area (TPSA) is 104 Å². The van der Waals surface area contributed by atoms with Crippen molar-refractivity contribution in [3.05, 3.63) is 35.4 Å². The van der Waals surface area contributed by atoms with Crippen molar-refractivity contribution in [3.8, 4) is 0 Å². The highest BCUT2D eigenvalue weighted by molar-refractivity contribution is 7.91. The van der Waals surface area contributed by atoms with E-state index in [9.17, 15) is 22.8 Å². The third-order valence-corrected chi connectivity index (χ3v) is 7.78. The highest BCUT2D eigenvalue weighted by atomic mass is 32.2. The highest BCUT2D eigenvalue weighted by Crippen LogP contribution is 2.41. The van der Waals surface area contributed by atoms with Crippen molar-refractivity contribution in [1.82, 2.24) is 15.1 Å². The first kappa shape index (κ1) is 18.9. The van der Waals surface area contributed by atoms with E-state index >= 15 is 0 Å². The summed E-state index contributed by atoms with van der Waals surface area (Å²) in [6, 6.07) is 6.53. The SMILES string of the molecule is CCN(C(=O)CN1C(=O)N[C@]2(CCc3ccccc32)C1=O)[C@@H]1CCS(=O)(=O)C1. The second kappa shape index (κ2) is 6.58. The van der Waals surface area contributed by atoms with Crippen molar-refractivity contribution in [2.75, 3.05) is 24.6 Å². The fraction of sp³-hybridized carbons (Fsp3) is 0.526. The molecule has 2 fully saturated rings. The number of carbonyl (C=O) groups is 3. The molecule has 4 amide bonds. The van der Waals surface area contributed by atoms with E-state index in [0.717, 1.165) is 16.0 Å². The Hall–Kier alpha value is -2.42. The zero-order valence-corrected chi connectivity index (χ0v) is 16.5. The molecular weight excluding hydrogens is 382 g/mol. The number of benzene rings is 1. The molecule has 1 N–H and O–H groups in total. The number of hydrogen-bond donors (Lipinski definition) is 1. The fourth-order valence-corrected chi connectivity index (χ4v) is 6.35. The lowest BCUT2D eigenvalue weighted by Crippen LogP contribution is -2.48. The number of nitrogens with one attached hydrogen (secondary N) is 1. The number of urea groups is 1. The van der Waals surface area contributed by atoms with E-state index in [1.165, 1.54) is 4.90 Å². The molecule has 2 aliphatic heterocycles. The zero-order valence-electron chi connectivity index (χ0n) is 15.7. The molecule has 28 heavy (non-hydrogen) atoms.